The quantitative estimate of drug-likeness (QED) is 0.874. The number of anilines is 1. The van der Waals surface area contributed by atoms with Gasteiger partial charge in [0, 0.05) is 30.9 Å². The molecule has 1 N–H and O–H groups in total. The van der Waals surface area contributed by atoms with Gasteiger partial charge in [-0.15, -0.1) is 0 Å². The Labute approximate surface area is 113 Å². The first kappa shape index (κ1) is 12.8. The van der Waals surface area contributed by atoms with Crippen LogP contribution in [-0.2, 0) is 13.2 Å². The SMILES string of the molecule is Cn1cc(-c2cc3c(cc2C(F)(F)F)NCCO3)cn1. The molecule has 20 heavy (non-hydrogen) atoms. The molecule has 0 saturated carbocycles. The maximum Gasteiger partial charge on any atom is 0.417 e. The summed E-state index contributed by atoms with van der Waals surface area (Å²) in [5.41, 5.74) is 0.170. The second-order valence-corrected chi connectivity index (χ2v) is 4.57. The molecule has 1 aromatic heterocycles. The molecule has 0 atom stereocenters. The van der Waals surface area contributed by atoms with Gasteiger partial charge >= 0.3 is 6.18 Å². The van der Waals surface area contributed by atoms with Crippen molar-refractivity contribution in [2.45, 2.75) is 6.18 Å². The Morgan fingerprint density at radius 3 is 2.80 bits per heavy atom. The number of ether oxygens (including phenoxy) is 1. The fourth-order valence-corrected chi connectivity index (χ4v) is 2.22. The molecule has 7 heteroatoms. The number of rotatable bonds is 1. The van der Waals surface area contributed by atoms with Gasteiger partial charge in [0.05, 0.1) is 17.4 Å². The summed E-state index contributed by atoms with van der Waals surface area (Å²) in [6.45, 7) is 0.932. The van der Waals surface area contributed by atoms with Crippen LogP contribution in [0.25, 0.3) is 11.1 Å². The summed E-state index contributed by atoms with van der Waals surface area (Å²) >= 11 is 0. The van der Waals surface area contributed by atoms with Crippen LogP contribution in [0.5, 0.6) is 5.75 Å². The molecule has 1 aromatic carbocycles. The highest BCUT2D eigenvalue weighted by Crippen LogP contribution is 2.42. The van der Waals surface area contributed by atoms with Gasteiger partial charge in [0.2, 0.25) is 0 Å². The van der Waals surface area contributed by atoms with Crippen molar-refractivity contribution < 1.29 is 17.9 Å². The van der Waals surface area contributed by atoms with Crippen molar-refractivity contribution in [2.75, 3.05) is 18.5 Å². The van der Waals surface area contributed by atoms with E-state index in [1.807, 2.05) is 0 Å². The van der Waals surface area contributed by atoms with Crippen molar-refractivity contribution in [1.29, 1.82) is 0 Å². The van der Waals surface area contributed by atoms with E-state index in [0.29, 0.717) is 30.2 Å². The molecule has 0 aliphatic carbocycles. The number of fused-ring (bicyclic) bond motifs is 1. The summed E-state index contributed by atoms with van der Waals surface area (Å²) in [5, 5.41) is 6.83. The zero-order valence-corrected chi connectivity index (χ0v) is 10.7. The monoisotopic (exact) mass is 283 g/mol. The zero-order chi connectivity index (χ0) is 14.3. The molecule has 1 aliphatic heterocycles. The fraction of sp³-hybridized carbons (Fsp3) is 0.308. The van der Waals surface area contributed by atoms with Gasteiger partial charge in [0.1, 0.15) is 12.4 Å². The van der Waals surface area contributed by atoms with E-state index in [4.69, 9.17) is 4.74 Å². The third-order valence-corrected chi connectivity index (χ3v) is 3.12. The van der Waals surface area contributed by atoms with Crippen molar-refractivity contribution in [3.8, 4) is 16.9 Å². The van der Waals surface area contributed by atoms with Crippen LogP contribution in [0.2, 0.25) is 0 Å². The first-order valence-electron chi connectivity index (χ1n) is 6.06. The molecule has 4 nitrogen and oxygen atoms in total. The molecule has 3 rings (SSSR count). The van der Waals surface area contributed by atoms with Gasteiger partial charge in [-0.05, 0) is 12.1 Å². The van der Waals surface area contributed by atoms with E-state index in [2.05, 4.69) is 10.4 Å². The van der Waals surface area contributed by atoms with E-state index >= 15 is 0 Å². The molecule has 0 unspecified atom stereocenters. The molecular weight excluding hydrogens is 271 g/mol. The van der Waals surface area contributed by atoms with Gasteiger partial charge < -0.3 is 10.1 Å². The van der Waals surface area contributed by atoms with E-state index in [9.17, 15) is 13.2 Å². The Morgan fingerprint density at radius 1 is 1.35 bits per heavy atom. The Kier molecular flexibility index (Phi) is 2.84. The maximum atomic E-state index is 13.2. The maximum absolute atomic E-state index is 13.2. The summed E-state index contributed by atoms with van der Waals surface area (Å²) in [4.78, 5) is 0. The van der Waals surface area contributed by atoms with Crippen LogP contribution in [-0.4, -0.2) is 22.9 Å². The van der Waals surface area contributed by atoms with Crippen molar-refractivity contribution in [3.05, 3.63) is 30.1 Å². The van der Waals surface area contributed by atoms with Crippen LogP contribution in [0.1, 0.15) is 5.56 Å². The average Bonchev–Trinajstić information content (AvgIpc) is 2.83. The van der Waals surface area contributed by atoms with Crippen LogP contribution in [0.4, 0.5) is 18.9 Å². The van der Waals surface area contributed by atoms with E-state index in [1.54, 1.807) is 13.2 Å². The Hall–Kier alpha value is -2.18. The van der Waals surface area contributed by atoms with Crippen LogP contribution < -0.4 is 10.1 Å². The lowest BCUT2D eigenvalue weighted by molar-refractivity contribution is -0.137. The molecule has 0 fully saturated rings. The van der Waals surface area contributed by atoms with Crippen molar-refractivity contribution in [2.24, 2.45) is 7.05 Å². The Morgan fingerprint density at radius 2 is 2.15 bits per heavy atom. The topological polar surface area (TPSA) is 39.1 Å². The van der Waals surface area contributed by atoms with Crippen molar-refractivity contribution in [1.82, 2.24) is 9.78 Å². The third kappa shape index (κ3) is 2.19. The van der Waals surface area contributed by atoms with Gasteiger partial charge in [-0.3, -0.25) is 4.68 Å². The van der Waals surface area contributed by atoms with Crippen LogP contribution in [0.3, 0.4) is 0 Å². The first-order valence-corrected chi connectivity index (χ1v) is 6.06. The lowest BCUT2D eigenvalue weighted by Crippen LogP contribution is -2.19. The second kappa shape index (κ2) is 4.43. The molecular formula is C13H12F3N3O. The van der Waals surface area contributed by atoms with E-state index in [0.717, 1.165) is 6.07 Å². The highest BCUT2D eigenvalue weighted by Gasteiger charge is 2.35. The highest BCUT2D eigenvalue weighted by molar-refractivity contribution is 5.75. The molecule has 2 heterocycles. The van der Waals surface area contributed by atoms with Gasteiger partial charge in [0.25, 0.3) is 0 Å². The van der Waals surface area contributed by atoms with E-state index < -0.39 is 11.7 Å². The fourth-order valence-electron chi connectivity index (χ4n) is 2.22. The number of benzene rings is 1. The predicted octanol–water partition coefficient (Wildman–Crippen LogP) is 2.91. The van der Waals surface area contributed by atoms with Crippen LogP contribution in [0, 0.1) is 0 Å². The number of halogens is 3. The molecule has 0 saturated heterocycles. The zero-order valence-electron chi connectivity index (χ0n) is 10.7. The number of aromatic nitrogens is 2. The first-order chi connectivity index (χ1) is 9.45. The standard InChI is InChI=1S/C13H12F3N3O/c1-19-7-8(6-18-19)9-4-12-11(17-2-3-20-12)5-10(9)13(14,15)16/h4-7,17H,2-3H2,1H3. The normalized spacial score (nSPS) is 14.4. The summed E-state index contributed by atoms with van der Waals surface area (Å²) in [7, 11) is 1.66. The Balaban J connectivity index is 2.20. The van der Waals surface area contributed by atoms with Crippen molar-refractivity contribution in [3.63, 3.8) is 0 Å². The minimum Gasteiger partial charge on any atom is -0.490 e. The molecule has 0 bridgehead atoms. The molecule has 0 amide bonds. The minimum absolute atomic E-state index is 0.0769. The van der Waals surface area contributed by atoms with Gasteiger partial charge in [-0.2, -0.15) is 18.3 Å². The molecule has 106 valence electrons. The minimum atomic E-state index is -4.43. The summed E-state index contributed by atoms with van der Waals surface area (Å²) in [6, 6.07) is 2.51. The van der Waals surface area contributed by atoms with Gasteiger partial charge in [-0.25, -0.2) is 0 Å². The number of nitrogens with zero attached hydrogens (tertiary/aromatic N) is 2. The lowest BCUT2D eigenvalue weighted by Gasteiger charge is -2.22. The summed E-state index contributed by atoms with van der Waals surface area (Å²) < 4.78 is 46.5. The van der Waals surface area contributed by atoms with Gasteiger partial charge in [-0.1, -0.05) is 0 Å². The van der Waals surface area contributed by atoms with E-state index in [-0.39, 0.29) is 5.56 Å². The predicted molar refractivity (Wildman–Crippen MR) is 67.6 cm³/mol. The lowest BCUT2D eigenvalue weighted by atomic mass is 10.00. The molecule has 0 spiro atoms. The summed E-state index contributed by atoms with van der Waals surface area (Å²) in [5.74, 6) is 0.433. The second-order valence-electron chi connectivity index (χ2n) is 4.57. The number of hydrogen-bond donors (Lipinski definition) is 1. The Bertz CT molecular complexity index is 649. The average molecular weight is 283 g/mol. The van der Waals surface area contributed by atoms with Crippen molar-refractivity contribution >= 4 is 5.69 Å². The van der Waals surface area contributed by atoms with E-state index in [1.165, 1.54) is 16.9 Å². The van der Waals surface area contributed by atoms with Crippen LogP contribution in [0.15, 0.2) is 24.5 Å². The number of nitrogens with one attached hydrogen (secondary N) is 1. The molecule has 0 radical (unpaired) electrons. The largest absolute Gasteiger partial charge is 0.490 e. The number of aryl methyl sites for hydroxylation is 1. The smallest absolute Gasteiger partial charge is 0.417 e. The molecule has 2 aromatic rings. The highest BCUT2D eigenvalue weighted by atomic mass is 19.4. The number of alkyl halides is 3. The summed E-state index contributed by atoms with van der Waals surface area (Å²) in [6.07, 6.45) is -1.47. The molecule has 1 aliphatic rings. The van der Waals surface area contributed by atoms with Crippen LogP contribution >= 0.6 is 0 Å². The third-order valence-electron chi connectivity index (χ3n) is 3.12. The number of hydrogen-bond acceptors (Lipinski definition) is 3. The van der Waals surface area contributed by atoms with Gasteiger partial charge in [0.15, 0.2) is 0 Å².